The quantitative estimate of drug-likeness (QED) is 0.886. The predicted octanol–water partition coefficient (Wildman–Crippen LogP) is 2.86. The third kappa shape index (κ3) is 3.88. The van der Waals surface area contributed by atoms with E-state index in [0.717, 1.165) is 11.6 Å². The number of aryl methyl sites for hydroxylation is 1. The van der Waals surface area contributed by atoms with Gasteiger partial charge in [0.25, 0.3) is 0 Å². The SMILES string of the molecule is CO[C@@H](CNS(=O)(=O)c1ccc(F)c(C)c1)c1ccsc1. The Bertz CT molecular complexity index is 699. The van der Waals surface area contributed by atoms with Crippen LogP contribution < -0.4 is 4.72 Å². The Morgan fingerprint density at radius 3 is 2.71 bits per heavy atom. The lowest BCUT2D eigenvalue weighted by atomic mass is 10.2. The maximum Gasteiger partial charge on any atom is 0.240 e. The van der Waals surface area contributed by atoms with Crippen LogP contribution >= 0.6 is 11.3 Å². The van der Waals surface area contributed by atoms with Crippen molar-refractivity contribution in [1.82, 2.24) is 4.72 Å². The van der Waals surface area contributed by atoms with Gasteiger partial charge in [-0.05, 0) is 53.1 Å². The van der Waals surface area contributed by atoms with Crippen molar-refractivity contribution in [2.45, 2.75) is 17.9 Å². The number of benzene rings is 1. The Labute approximate surface area is 127 Å². The van der Waals surface area contributed by atoms with Crippen molar-refractivity contribution in [3.8, 4) is 0 Å². The molecule has 0 saturated heterocycles. The molecule has 0 aliphatic rings. The van der Waals surface area contributed by atoms with Gasteiger partial charge in [0.2, 0.25) is 10.0 Å². The molecule has 4 nitrogen and oxygen atoms in total. The van der Waals surface area contributed by atoms with Crippen molar-refractivity contribution >= 4 is 21.4 Å². The molecule has 2 aromatic rings. The lowest BCUT2D eigenvalue weighted by molar-refractivity contribution is 0.107. The lowest BCUT2D eigenvalue weighted by Gasteiger charge is -2.15. The van der Waals surface area contributed by atoms with Gasteiger partial charge in [-0.15, -0.1) is 0 Å². The molecule has 21 heavy (non-hydrogen) atoms. The highest BCUT2D eigenvalue weighted by molar-refractivity contribution is 7.89. The minimum absolute atomic E-state index is 0.0431. The zero-order chi connectivity index (χ0) is 15.5. The number of halogens is 1. The van der Waals surface area contributed by atoms with Crippen LogP contribution in [0.5, 0.6) is 0 Å². The Kier molecular flexibility index (Phi) is 5.10. The zero-order valence-electron chi connectivity index (χ0n) is 11.7. The third-order valence-electron chi connectivity index (χ3n) is 3.10. The standard InChI is InChI=1S/C14H16FNO3S2/c1-10-7-12(3-4-13(10)15)21(17,18)16-8-14(19-2)11-5-6-20-9-11/h3-7,9,14,16H,8H2,1-2H3/t14-/m0/s1. The number of hydrogen-bond acceptors (Lipinski definition) is 4. The van der Waals surface area contributed by atoms with Gasteiger partial charge in [0, 0.05) is 13.7 Å². The van der Waals surface area contributed by atoms with Gasteiger partial charge in [-0.25, -0.2) is 17.5 Å². The van der Waals surface area contributed by atoms with Crippen molar-refractivity contribution in [3.05, 3.63) is 52.0 Å². The van der Waals surface area contributed by atoms with Crippen molar-refractivity contribution in [2.24, 2.45) is 0 Å². The zero-order valence-corrected chi connectivity index (χ0v) is 13.3. The molecular formula is C14H16FNO3S2. The first-order valence-corrected chi connectivity index (χ1v) is 8.67. The average molecular weight is 329 g/mol. The molecule has 0 spiro atoms. The summed E-state index contributed by atoms with van der Waals surface area (Å²) < 4.78 is 45.4. The summed E-state index contributed by atoms with van der Waals surface area (Å²) in [7, 11) is -2.16. The van der Waals surface area contributed by atoms with Gasteiger partial charge in [0.1, 0.15) is 5.82 Å². The normalized spacial score (nSPS) is 13.3. The van der Waals surface area contributed by atoms with E-state index in [0.29, 0.717) is 5.56 Å². The summed E-state index contributed by atoms with van der Waals surface area (Å²) in [6, 6.07) is 5.59. The molecule has 0 saturated carbocycles. The van der Waals surface area contributed by atoms with E-state index in [9.17, 15) is 12.8 Å². The van der Waals surface area contributed by atoms with Crippen LogP contribution in [0.15, 0.2) is 39.9 Å². The first-order chi connectivity index (χ1) is 9.94. The van der Waals surface area contributed by atoms with Crippen LogP contribution in [0.4, 0.5) is 4.39 Å². The van der Waals surface area contributed by atoms with Crippen LogP contribution in [0, 0.1) is 12.7 Å². The summed E-state index contributed by atoms with van der Waals surface area (Å²) in [5.74, 6) is -0.429. The molecule has 1 heterocycles. The number of rotatable bonds is 6. The fraction of sp³-hybridized carbons (Fsp3) is 0.286. The van der Waals surface area contributed by atoms with Crippen molar-refractivity contribution in [2.75, 3.05) is 13.7 Å². The van der Waals surface area contributed by atoms with E-state index in [-0.39, 0.29) is 17.5 Å². The van der Waals surface area contributed by atoms with Gasteiger partial charge < -0.3 is 4.74 Å². The second-order valence-electron chi connectivity index (χ2n) is 4.54. The summed E-state index contributed by atoms with van der Waals surface area (Å²) in [5, 5.41) is 3.81. The van der Waals surface area contributed by atoms with Crippen molar-refractivity contribution in [3.63, 3.8) is 0 Å². The molecule has 114 valence electrons. The summed E-state index contributed by atoms with van der Waals surface area (Å²) in [6.45, 7) is 1.64. The number of thiophene rings is 1. The molecule has 0 bridgehead atoms. The summed E-state index contributed by atoms with van der Waals surface area (Å²) >= 11 is 1.52. The third-order valence-corrected chi connectivity index (χ3v) is 5.22. The Balaban J connectivity index is 2.12. The molecule has 0 amide bonds. The topological polar surface area (TPSA) is 55.4 Å². The number of hydrogen-bond donors (Lipinski definition) is 1. The molecule has 0 unspecified atom stereocenters. The molecule has 1 aromatic heterocycles. The van der Waals surface area contributed by atoms with E-state index < -0.39 is 15.8 Å². The highest BCUT2D eigenvalue weighted by Gasteiger charge is 2.19. The first kappa shape index (κ1) is 16.1. The second-order valence-corrected chi connectivity index (χ2v) is 7.09. The van der Waals surface area contributed by atoms with Crippen molar-refractivity contribution in [1.29, 1.82) is 0 Å². The molecule has 0 radical (unpaired) electrons. The van der Waals surface area contributed by atoms with Crippen LogP contribution in [0.25, 0.3) is 0 Å². The van der Waals surface area contributed by atoms with Gasteiger partial charge in [0.15, 0.2) is 0 Å². The smallest absolute Gasteiger partial charge is 0.240 e. The Hall–Kier alpha value is -1.28. The van der Waals surface area contributed by atoms with Gasteiger partial charge in [-0.2, -0.15) is 11.3 Å². The van der Waals surface area contributed by atoms with Gasteiger partial charge in [-0.1, -0.05) is 0 Å². The molecule has 0 fully saturated rings. The minimum atomic E-state index is -3.69. The maximum atomic E-state index is 13.2. The van der Waals surface area contributed by atoms with Crippen LogP contribution in [-0.4, -0.2) is 22.1 Å². The molecule has 1 N–H and O–H groups in total. The van der Waals surface area contributed by atoms with E-state index >= 15 is 0 Å². The Morgan fingerprint density at radius 2 is 2.14 bits per heavy atom. The van der Waals surface area contributed by atoms with E-state index in [1.807, 2.05) is 16.8 Å². The maximum absolute atomic E-state index is 13.2. The highest BCUT2D eigenvalue weighted by atomic mass is 32.2. The van der Waals surface area contributed by atoms with Gasteiger partial charge in [0.05, 0.1) is 11.0 Å². The molecule has 0 aliphatic heterocycles. The monoisotopic (exact) mass is 329 g/mol. The summed E-state index contributed by atoms with van der Waals surface area (Å²) in [4.78, 5) is 0.0431. The molecule has 2 rings (SSSR count). The Morgan fingerprint density at radius 1 is 1.38 bits per heavy atom. The number of methoxy groups -OCH3 is 1. The second kappa shape index (κ2) is 6.65. The number of nitrogens with one attached hydrogen (secondary N) is 1. The predicted molar refractivity (Wildman–Crippen MR) is 80.4 cm³/mol. The van der Waals surface area contributed by atoms with Crippen LogP contribution in [0.3, 0.4) is 0 Å². The average Bonchev–Trinajstić information content (AvgIpc) is 2.96. The van der Waals surface area contributed by atoms with E-state index in [1.165, 1.54) is 37.5 Å². The van der Waals surface area contributed by atoms with Crippen LogP contribution in [0.1, 0.15) is 17.2 Å². The van der Waals surface area contributed by atoms with Gasteiger partial charge in [-0.3, -0.25) is 0 Å². The molecule has 0 aliphatic carbocycles. The van der Waals surface area contributed by atoms with Gasteiger partial charge >= 0.3 is 0 Å². The minimum Gasteiger partial charge on any atom is -0.375 e. The fourth-order valence-corrected chi connectivity index (χ4v) is 3.67. The largest absolute Gasteiger partial charge is 0.375 e. The van der Waals surface area contributed by atoms with Crippen LogP contribution in [0.2, 0.25) is 0 Å². The number of ether oxygens (including phenoxy) is 1. The van der Waals surface area contributed by atoms with Crippen molar-refractivity contribution < 1.29 is 17.5 Å². The lowest BCUT2D eigenvalue weighted by Crippen LogP contribution is -2.29. The summed E-state index contributed by atoms with van der Waals surface area (Å²) in [6.07, 6.45) is -0.354. The molecule has 1 atom stereocenters. The molecule has 7 heteroatoms. The first-order valence-electron chi connectivity index (χ1n) is 6.25. The molecular weight excluding hydrogens is 313 g/mol. The fourth-order valence-electron chi connectivity index (χ4n) is 1.85. The van der Waals surface area contributed by atoms with E-state index in [2.05, 4.69) is 4.72 Å². The highest BCUT2D eigenvalue weighted by Crippen LogP contribution is 2.20. The van der Waals surface area contributed by atoms with E-state index in [1.54, 1.807) is 0 Å². The van der Waals surface area contributed by atoms with E-state index in [4.69, 9.17) is 4.74 Å². The van der Waals surface area contributed by atoms with Crippen LogP contribution in [-0.2, 0) is 14.8 Å². The summed E-state index contributed by atoms with van der Waals surface area (Å²) in [5.41, 5.74) is 1.21. The number of sulfonamides is 1. The molecule has 1 aromatic carbocycles.